The third-order valence-electron chi connectivity index (χ3n) is 2.95. The summed E-state index contributed by atoms with van der Waals surface area (Å²) in [4.78, 5) is 35.1. The van der Waals surface area contributed by atoms with Gasteiger partial charge in [0.1, 0.15) is 6.04 Å². The highest BCUT2D eigenvalue weighted by atomic mass is 79.9. The Labute approximate surface area is 128 Å². The van der Waals surface area contributed by atoms with Crippen LogP contribution in [0.15, 0.2) is 17.5 Å². The third-order valence-corrected chi connectivity index (χ3v) is 4.58. The van der Waals surface area contributed by atoms with E-state index in [2.05, 4.69) is 21.2 Å². The SMILES string of the molecule is O=C(CC(Br)C(=O)c1cccs1)OC(=O)[C@@H]1CCCN1. The summed E-state index contributed by atoms with van der Waals surface area (Å²) in [5.74, 6) is -1.42. The fourth-order valence-corrected chi connectivity index (χ4v) is 3.30. The van der Waals surface area contributed by atoms with E-state index in [1.165, 1.54) is 11.3 Å². The van der Waals surface area contributed by atoms with Gasteiger partial charge in [-0.25, -0.2) is 4.79 Å². The summed E-state index contributed by atoms with van der Waals surface area (Å²) in [6.07, 6.45) is 1.42. The highest BCUT2D eigenvalue weighted by molar-refractivity contribution is 9.10. The van der Waals surface area contributed by atoms with Gasteiger partial charge in [0, 0.05) is 0 Å². The van der Waals surface area contributed by atoms with Crippen LogP contribution in [0.4, 0.5) is 0 Å². The molecule has 2 atom stereocenters. The van der Waals surface area contributed by atoms with Gasteiger partial charge >= 0.3 is 11.9 Å². The molecular weight excluding hydrogens is 346 g/mol. The largest absolute Gasteiger partial charge is 0.392 e. The highest BCUT2D eigenvalue weighted by Crippen LogP contribution is 2.18. The third kappa shape index (κ3) is 3.97. The van der Waals surface area contributed by atoms with Crippen LogP contribution >= 0.6 is 27.3 Å². The van der Waals surface area contributed by atoms with Crippen molar-refractivity contribution in [3.8, 4) is 0 Å². The molecule has 1 unspecified atom stereocenters. The second-order valence-electron chi connectivity index (χ2n) is 4.46. The lowest BCUT2D eigenvalue weighted by atomic mass is 10.2. The number of hydrogen-bond donors (Lipinski definition) is 1. The maximum absolute atomic E-state index is 11.9. The molecule has 1 aromatic heterocycles. The number of nitrogens with one attached hydrogen (secondary N) is 1. The second kappa shape index (κ2) is 7.10. The van der Waals surface area contributed by atoms with E-state index in [0.717, 1.165) is 13.0 Å². The fourth-order valence-electron chi connectivity index (χ4n) is 1.92. The van der Waals surface area contributed by atoms with E-state index >= 15 is 0 Å². The minimum absolute atomic E-state index is 0.158. The predicted octanol–water partition coefficient (Wildman–Crippen LogP) is 1.91. The number of thiophene rings is 1. The first kappa shape index (κ1) is 15.3. The Morgan fingerprint density at radius 1 is 1.50 bits per heavy atom. The Bertz CT molecular complexity index is 496. The molecule has 1 aliphatic heterocycles. The van der Waals surface area contributed by atoms with E-state index in [4.69, 9.17) is 4.74 Å². The molecule has 5 nitrogen and oxygen atoms in total. The minimum Gasteiger partial charge on any atom is -0.392 e. The predicted molar refractivity (Wildman–Crippen MR) is 78.1 cm³/mol. The average molecular weight is 360 g/mol. The summed E-state index contributed by atoms with van der Waals surface area (Å²) >= 11 is 4.48. The number of carbonyl (C=O) groups excluding carboxylic acids is 3. The molecule has 1 aromatic rings. The zero-order valence-electron chi connectivity index (χ0n) is 10.6. The average Bonchev–Trinajstić information content (AvgIpc) is 3.10. The maximum atomic E-state index is 11.9. The highest BCUT2D eigenvalue weighted by Gasteiger charge is 2.28. The van der Waals surface area contributed by atoms with Crippen molar-refractivity contribution < 1.29 is 19.1 Å². The van der Waals surface area contributed by atoms with E-state index in [1.807, 2.05) is 0 Å². The Hall–Kier alpha value is -1.05. The Kier molecular flexibility index (Phi) is 5.45. The maximum Gasteiger partial charge on any atom is 0.330 e. The van der Waals surface area contributed by atoms with E-state index < -0.39 is 22.8 Å². The first-order chi connectivity index (χ1) is 9.58. The van der Waals surface area contributed by atoms with Crippen LogP contribution in [-0.2, 0) is 14.3 Å². The minimum atomic E-state index is -0.685. The lowest BCUT2D eigenvalue weighted by Crippen LogP contribution is -2.34. The summed E-state index contributed by atoms with van der Waals surface area (Å²) in [5.41, 5.74) is 0. The Balaban J connectivity index is 1.81. The number of carbonyl (C=O) groups is 3. The molecule has 1 saturated heterocycles. The number of esters is 2. The molecule has 7 heteroatoms. The Morgan fingerprint density at radius 3 is 2.90 bits per heavy atom. The molecular formula is C13H14BrNO4S. The summed E-state index contributed by atoms with van der Waals surface area (Å²) in [6, 6.07) is 3.06. The molecule has 0 aromatic carbocycles. The van der Waals surface area contributed by atoms with Crippen LogP contribution in [0.2, 0.25) is 0 Å². The van der Waals surface area contributed by atoms with Crippen LogP contribution in [0.25, 0.3) is 0 Å². The number of hydrogen-bond acceptors (Lipinski definition) is 6. The molecule has 0 saturated carbocycles. The normalized spacial score (nSPS) is 19.6. The molecule has 1 fully saturated rings. The standard InChI is InChI=1S/C13H14BrNO4S/c14-8(12(17)10-4-2-6-20-10)7-11(16)19-13(18)9-3-1-5-15-9/h2,4,6,8-9,15H,1,3,5,7H2/t8?,9-/m0/s1. The molecule has 0 radical (unpaired) electrons. The first-order valence-electron chi connectivity index (χ1n) is 6.27. The van der Waals surface area contributed by atoms with E-state index in [-0.39, 0.29) is 12.2 Å². The summed E-state index contributed by atoms with van der Waals surface area (Å²) in [7, 11) is 0. The summed E-state index contributed by atoms with van der Waals surface area (Å²) in [6.45, 7) is 0.756. The zero-order chi connectivity index (χ0) is 14.5. The molecule has 0 spiro atoms. The topological polar surface area (TPSA) is 72.5 Å². The lowest BCUT2D eigenvalue weighted by Gasteiger charge is -2.10. The van der Waals surface area contributed by atoms with Gasteiger partial charge < -0.3 is 10.1 Å². The van der Waals surface area contributed by atoms with Crippen molar-refractivity contribution in [1.29, 1.82) is 0 Å². The molecule has 108 valence electrons. The number of alkyl halides is 1. The van der Waals surface area contributed by atoms with Gasteiger partial charge in [0.05, 0.1) is 16.1 Å². The van der Waals surface area contributed by atoms with Crippen LogP contribution in [0, 0.1) is 0 Å². The van der Waals surface area contributed by atoms with Crippen molar-refractivity contribution >= 4 is 45.0 Å². The van der Waals surface area contributed by atoms with Gasteiger partial charge in [-0.1, -0.05) is 22.0 Å². The number of halogens is 1. The van der Waals surface area contributed by atoms with Crippen molar-refractivity contribution in [2.75, 3.05) is 6.54 Å². The van der Waals surface area contributed by atoms with Gasteiger partial charge in [-0.05, 0) is 30.8 Å². The smallest absolute Gasteiger partial charge is 0.330 e. The molecule has 20 heavy (non-hydrogen) atoms. The van der Waals surface area contributed by atoms with Gasteiger partial charge in [-0.15, -0.1) is 11.3 Å². The van der Waals surface area contributed by atoms with E-state index in [1.54, 1.807) is 17.5 Å². The lowest BCUT2D eigenvalue weighted by molar-refractivity contribution is -0.160. The van der Waals surface area contributed by atoms with Gasteiger partial charge in [-0.2, -0.15) is 0 Å². The molecule has 0 bridgehead atoms. The van der Waals surface area contributed by atoms with Gasteiger partial charge in [0.15, 0.2) is 5.78 Å². The van der Waals surface area contributed by atoms with Crippen LogP contribution in [0.5, 0.6) is 0 Å². The quantitative estimate of drug-likeness (QED) is 0.376. The fraction of sp³-hybridized carbons (Fsp3) is 0.462. The molecule has 0 amide bonds. The van der Waals surface area contributed by atoms with E-state index in [0.29, 0.717) is 11.3 Å². The number of Topliss-reactive ketones (excluding diaryl/α,β-unsaturated/α-hetero) is 1. The molecule has 0 aliphatic carbocycles. The van der Waals surface area contributed by atoms with E-state index in [9.17, 15) is 14.4 Å². The van der Waals surface area contributed by atoms with Crippen molar-refractivity contribution in [2.45, 2.75) is 30.1 Å². The second-order valence-corrected chi connectivity index (χ2v) is 6.51. The van der Waals surface area contributed by atoms with Crippen LogP contribution in [0.1, 0.15) is 28.9 Å². The van der Waals surface area contributed by atoms with Gasteiger partial charge in [-0.3, -0.25) is 9.59 Å². The number of rotatable bonds is 5. The number of ketones is 1. The van der Waals surface area contributed by atoms with Crippen molar-refractivity contribution in [1.82, 2.24) is 5.32 Å². The van der Waals surface area contributed by atoms with Crippen molar-refractivity contribution in [2.24, 2.45) is 0 Å². The number of ether oxygens (including phenoxy) is 1. The molecule has 1 N–H and O–H groups in total. The summed E-state index contributed by atoms with van der Waals surface area (Å²) in [5, 5.41) is 4.75. The van der Waals surface area contributed by atoms with Crippen molar-refractivity contribution in [3.05, 3.63) is 22.4 Å². The first-order valence-corrected chi connectivity index (χ1v) is 8.07. The van der Waals surface area contributed by atoms with Crippen LogP contribution < -0.4 is 5.32 Å². The van der Waals surface area contributed by atoms with Crippen molar-refractivity contribution in [3.63, 3.8) is 0 Å². The van der Waals surface area contributed by atoms with Crippen LogP contribution in [0.3, 0.4) is 0 Å². The summed E-state index contributed by atoms with van der Waals surface area (Å²) < 4.78 is 4.75. The van der Waals surface area contributed by atoms with Gasteiger partial charge in [0.2, 0.25) is 0 Å². The molecule has 1 aliphatic rings. The molecule has 2 heterocycles. The van der Waals surface area contributed by atoms with Gasteiger partial charge in [0.25, 0.3) is 0 Å². The molecule has 2 rings (SSSR count). The van der Waals surface area contributed by atoms with Crippen LogP contribution in [-0.4, -0.2) is 35.1 Å². The monoisotopic (exact) mass is 359 g/mol. The Morgan fingerprint density at radius 2 is 2.30 bits per heavy atom. The zero-order valence-corrected chi connectivity index (χ0v) is 13.0.